The normalized spacial score (nSPS) is 37.8. The number of carbonyl (C=O) groups is 1. The van der Waals surface area contributed by atoms with E-state index in [4.69, 9.17) is 4.74 Å². The Kier molecular flexibility index (Phi) is 2.39. The molecular weight excluding hydrogens is 280 g/mol. The molecule has 3 aliphatic rings. The largest absolute Gasteiger partial charge is 0.374 e. The summed E-state index contributed by atoms with van der Waals surface area (Å²) in [7, 11) is -2.16. The van der Waals surface area contributed by atoms with Crippen LogP contribution < -0.4 is 4.72 Å². The van der Waals surface area contributed by atoms with E-state index in [1.807, 2.05) is 0 Å². The lowest BCUT2D eigenvalue weighted by Crippen LogP contribution is -2.40. The summed E-state index contributed by atoms with van der Waals surface area (Å²) in [6.45, 7) is 0. The summed E-state index contributed by atoms with van der Waals surface area (Å²) in [4.78, 5) is 12.2. The summed E-state index contributed by atoms with van der Waals surface area (Å²) in [6, 6.07) is 3.11. The smallest absolute Gasteiger partial charge is 0.279 e. The number of hydrogen-bond donors (Lipinski definition) is 1. The Balaban J connectivity index is 1.52. The molecule has 2 bridgehead atoms. The van der Waals surface area contributed by atoms with Gasteiger partial charge >= 0.3 is 0 Å². The van der Waals surface area contributed by atoms with Crippen molar-refractivity contribution < 1.29 is 17.9 Å². The second-order valence-electron chi connectivity index (χ2n) is 5.97. The summed E-state index contributed by atoms with van der Waals surface area (Å²) >= 11 is 0. The molecule has 3 fully saturated rings. The predicted molar refractivity (Wildman–Crippen MR) is 69.1 cm³/mol. The van der Waals surface area contributed by atoms with E-state index in [2.05, 4.69) is 4.72 Å². The molecule has 2 saturated heterocycles. The Bertz CT molecular complexity index is 680. The number of nitrogens with zero attached hydrogens (tertiary/aromatic N) is 1. The van der Waals surface area contributed by atoms with E-state index in [9.17, 15) is 13.2 Å². The van der Waals surface area contributed by atoms with Crippen molar-refractivity contribution in [1.82, 2.24) is 9.29 Å². The highest BCUT2D eigenvalue weighted by Gasteiger charge is 2.64. The van der Waals surface area contributed by atoms with Crippen LogP contribution in [0.2, 0.25) is 0 Å². The van der Waals surface area contributed by atoms with Crippen LogP contribution in [0.25, 0.3) is 0 Å². The van der Waals surface area contributed by atoms with Gasteiger partial charge in [-0.25, -0.2) is 4.72 Å². The first-order chi connectivity index (χ1) is 9.47. The monoisotopic (exact) mass is 296 g/mol. The van der Waals surface area contributed by atoms with Crippen LogP contribution in [0.3, 0.4) is 0 Å². The molecule has 1 saturated carbocycles. The zero-order chi connectivity index (χ0) is 14.1. The molecular formula is C13H16N2O4S. The van der Waals surface area contributed by atoms with Crippen LogP contribution in [-0.4, -0.2) is 31.1 Å². The van der Waals surface area contributed by atoms with E-state index < -0.39 is 15.9 Å². The first-order valence-corrected chi connectivity index (χ1v) is 8.29. The molecule has 1 aromatic heterocycles. The summed E-state index contributed by atoms with van der Waals surface area (Å²) in [5.41, 5.74) is 0. The Morgan fingerprint density at radius 2 is 2.20 bits per heavy atom. The average molecular weight is 296 g/mol. The minimum absolute atomic E-state index is 0.0754. The van der Waals surface area contributed by atoms with Crippen molar-refractivity contribution in [3.63, 3.8) is 0 Å². The van der Waals surface area contributed by atoms with Crippen LogP contribution in [0.5, 0.6) is 0 Å². The van der Waals surface area contributed by atoms with Gasteiger partial charge in [-0.05, 0) is 36.8 Å². The van der Waals surface area contributed by atoms with Gasteiger partial charge in [-0.3, -0.25) is 4.79 Å². The lowest BCUT2D eigenvalue weighted by molar-refractivity contribution is -0.125. The molecule has 1 aromatic rings. The van der Waals surface area contributed by atoms with Crippen molar-refractivity contribution in [3.05, 3.63) is 18.3 Å². The van der Waals surface area contributed by atoms with Crippen molar-refractivity contribution in [2.45, 2.75) is 30.1 Å². The number of amides is 1. The zero-order valence-electron chi connectivity index (χ0n) is 11.0. The maximum absolute atomic E-state index is 12.2. The molecule has 6 nitrogen and oxygen atoms in total. The van der Waals surface area contributed by atoms with E-state index in [0.717, 1.165) is 6.42 Å². The quantitative estimate of drug-likeness (QED) is 0.867. The second kappa shape index (κ2) is 3.85. The molecule has 7 heteroatoms. The third kappa shape index (κ3) is 1.66. The molecule has 0 aromatic carbocycles. The number of sulfonamides is 1. The molecule has 2 aliphatic heterocycles. The van der Waals surface area contributed by atoms with Crippen LogP contribution in [0, 0.1) is 17.8 Å². The molecule has 20 heavy (non-hydrogen) atoms. The minimum Gasteiger partial charge on any atom is -0.374 e. The van der Waals surface area contributed by atoms with Gasteiger partial charge in [0, 0.05) is 13.2 Å². The molecule has 5 atom stereocenters. The summed E-state index contributed by atoms with van der Waals surface area (Å²) in [5, 5.41) is 0.0965. The molecule has 1 N–H and O–H groups in total. The van der Waals surface area contributed by atoms with Gasteiger partial charge in [-0.1, -0.05) is 0 Å². The fourth-order valence-electron chi connectivity index (χ4n) is 3.69. The van der Waals surface area contributed by atoms with E-state index in [0.29, 0.717) is 18.3 Å². The molecule has 0 radical (unpaired) electrons. The number of rotatable bonds is 3. The average Bonchev–Trinajstić information content (AvgIpc) is 2.76. The number of nitrogens with one attached hydrogen (secondary N) is 1. The molecule has 1 aliphatic carbocycles. The molecule has 4 rings (SSSR count). The summed E-state index contributed by atoms with van der Waals surface area (Å²) in [6.07, 6.45) is 3.51. The van der Waals surface area contributed by atoms with E-state index >= 15 is 0 Å². The van der Waals surface area contributed by atoms with Crippen molar-refractivity contribution in [2.75, 3.05) is 0 Å². The number of fused-ring (bicyclic) bond motifs is 5. The maximum Gasteiger partial charge on any atom is 0.279 e. The first kappa shape index (κ1) is 12.4. The highest BCUT2D eigenvalue weighted by Crippen LogP contribution is 2.60. The van der Waals surface area contributed by atoms with Crippen LogP contribution in [0.15, 0.2) is 23.4 Å². The maximum atomic E-state index is 12.2. The van der Waals surface area contributed by atoms with Crippen LogP contribution in [0.4, 0.5) is 0 Å². The molecule has 108 valence electrons. The van der Waals surface area contributed by atoms with Gasteiger partial charge in [0.25, 0.3) is 10.0 Å². The molecule has 3 heterocycles. The Labute approximate surface area is 117 Å². The van der Waals surface area contributed by atoms with Crippen molar-refractivity contribution in [3.8, 4) is 0 Å². The predicted octanol–water partition coefficient (Wildman–Crippen LogP) is 0.253. The number of hydrogen-bond acceptors (Lipinski definition) is 4. The fourth-order valence-corrected chi connectivity index (χ4v) is 4.91. The lowest BCUT2D eigenvalue weighted by Gasteiger charge is -2.18. The Hall–Kier alpha value is -1.34. The Morgan fingerprint density at radius 3 is 2.80 bits per heavy atom. The van der Waals surface area contributed by atoms with Gasteiger partial charge in [-0.2, -0.15) is 8.42 Å². The van der Waals surface area contributed by atoms with E-state index in [-0.39, 0.29) is 23.2 Å². The van der Waals surface area contributed by atoms with E-state index in [1.165, 1.54) is 10.6 Å². The fraction of sp³-hybridized carbons (Fsp3) is 0.615. The van der Waals surface area contributed by atoms with Crippen molar-refractivity contribution >= 4 is 15.9 Å². The van der Waals surface area contributed by atoms with Gasteiger partial charge in [-0.15, -0.1) is 0 Å². The number of carbonyl (C=O) groups excluding carboxylic acids is 1. The van der Waals surface area contributed by atoms with Gasteiger partial charge in [0.15, 0.2) is 5.03 Å². The summed E-state index contributed by atoms with van der Waals surface area (Å²) < 4.78 is 33.8. The van der Waals surface area contributed by atoms with Gasteiger partial charge in [0.05, 0.1) is 18.1 Å². The molecule has 0 unspecified atom stereocenters. The van der Waals surface area contributed by atoms with Gasteiger partial charge in [0.1, 0.15) is 0 Å². The van der Waals surface area contributed by atoms with Crippen LogP contribution in [0.1, 0.15) is 12.8 Å². The Morgan fingerprint density at radius 1 is 1.40 bits per heavy atom. The molecule has 1 amide bonds. The topological polar surface area (TPSA) is 77.4 Å². The lowest BCUT2D eigenvalue weighted by atomic mass is 9.89. The third-order valence-electron chi connectivity index (χ3n) is 4.75. The van der Waals surface area contributed by atoms with Crippen LogP contribution >= 0.6 is 0 Å². The third-order valence-corrected chi connectivity index (χ3v) is 6.19. The first-order valence-electron chi connectivity index (χ1n) is 6.81. The molecule has 0 spiro atoms. The second-order valence-corrected chi connectivity index (χ2v) is 7.60. The number of ether oxygens (including phenoxy) is 1. The highest BCUT2D eigenvalue weighted by atomic mass is 32.2. The van der Waals surface area contributed by atoms with E-state index in [1.54, 1.807) is 19.3 Å². The zero-order valence-corrected chi connectivity index (χ0v) is 11.8. The van der Waals surface area contributed by atoms with Crippen LogP contribution in [-0.2, 0) is 26.6 Å². The van der Waals surface area contributed by atoms with Gasteiger partial charge < -0.3 is 9.30 Å². The summed E-state index contributed by atoms with van der Waals surface area (Å²) in [5.74, 6) is 0.346. The SMILES string of the molecule is Cn1cccc1S(=O)(=O)NC(=O)[C@@H]1C[C@@H]2O[C@H]1[C@H]1C[C@H]12. The van der Waals surface area contributed by atoms with Crippen molar-refractivity contribution in [2.24, 2.45) is 24.8 Å². The van der Waals surface area contributed by atoms with Gasteiger partial charge in [0.2, 0.25) is 5.91 Å². The highest BCUT2D eigenvalue weighted by molar-refractivity contribution is 7.90. The van der Waals surface area contributed by atoms with Crippen molar-refractivity contribution in [1.29, 1.82) is 0 Å². The minimum atomic E-state index is -3.80. The number of aromatic nitrogens is 1. The standard InChI is InChI=1S/C13H16N2O4S/c1-15-4-2-3-11(15)20(17,18)14-13(16)9-6-10-7-5-8(7)12(9)19-10/h2-4,7-10,12H,5-6H2,1H3,(H,14,16)/t7-,8+,9-,10+,12+/m1/s1. The number of aryl methyl sites for hydroxylation is 1.